The molecule has 72 valence electrons. The van der Waals surface area contributed by atoms with Crippen LogP contribution in [0.4, 0.5) is 5.69 Å². The number of hydrogen-bond acceptors (Lipinski definition) is 5. The summed E-state index contributed by atoms with van der Waals surface area (Å²) >= 11 is 0. The molecule has 2 rings (SSSR count). The number of nitrogens with two attached hydrogens (primary N) is 1. The van der Waals surface area contributed by atoms with E-state index in [4.69, 9.17) is 10.3 Å². The van der Waals surface area contributed by atoms with Gasteiger partial charge in [-0.2, -0.15) is 0 Å². The average Bonchev–Trinajstić information content (AvgIpc) is 2.62. The van der Waals surface area contributed by atoms with Gasteiger partial charge in [-0.25, -0.2) is 4.79 Å². The molecule has 14 heavy (non-hydrogen) atoms. The van der Waals surface area contributed by atoms with Crippen molar-refractivity contribution in [3.63, 3.8) is 0 Å². The number of carbonyl (C=O) groups excluding carboxylic acids is 1. The summed E-state index contributed by atoms with van der Waals surface area (Å²) in [7, 11) is 1.30. The first-order chi connectivity index (χ1) is 6.72. The van der Waals surface area contributed by atoms with Gasteiger partial charge < -0.3 is 15.0 Å². The van der Waals surface area contributed by atoms with Crippen LogP contribution in [0.3, 0.4) is 0 Å². The van der Waals surface area contributed by atoms with E-state index in [0.29, 0.717) is 11.3 Å². The number of hydrogen-bond donors (Lipinski definition) is 1. The maximum atomic E-state index is 11.2. The fourth-order valence-corrected chi connectivity index (χ4v) is 1.22. The summed E-state index contributed by atoms with van der Waals surface area (Å²) in [5.41, 5.74) is 6.81. The SMILES string of the molecule is COC(=O)c1cc2oncc2cc1N. The smallest absolute Gasteiger partial charge is 0.340 e. The van der Waals surface area contributed by atoms with E-state index in [1.807, 2.05) is 0 Å². The molecule has 5 heteroatoms. The minimum atomic E-state index is -0.485. The maximum absolute atomic E-state index is 11.2. The molecule has 0 amide bonds. The Hall–Kier alpha value is -2.04. The van der Waals surface area contributed by atoms with E-state index in [1.165, 1.54) is 19.4 Å². The van der Waals surface area contributed by atoms with Gasteiger partial charge in [0.2, 0.25) is 0 Å². The number of carbonyl (C=O) groups is 1. The number of benzene rings is 1. The molecule has 0 spiro atoms. The average molecular weight is 192 g/mol. The van der Waals surface area contributed by atoms with Crippen LogP contribution in [0.5, 0.6) is 0 Å². The fraction of sp³-hybridized carbons (Fsp3) is 0.111. The molecule has 2 N–H and O–H groups in total. The number of nitrogen functional groups attached to an aromatic ring is 1. The molecule has 1 heterocycles. The summed E-state index contributed by atoms with van der Waals surface area (Å²) in [6.45, 7) is 0. The first-order valence-corrected chi connectivity index (χ1v) is 3.94. The molecule has 0 fully saturated rings. The minimum absolute atomic E-state index is 0.289. The van der Waals surface area contributed by atoms with Gasteiger partial charge in [0, 0.05) is 17.1 Å². The standard InChI is InChI=1S/C9H8N2O3/c1-13-9(12)6-3-8-5(2-7(6)10)4-11-14-8/h2-4H,10H2,1H3. The monoisotopic (exact) mass is 192 g/mol. The van der Waals surface area contributed by atoms with Crippen LogP contribution in [0.1, 0.15) is 10.4 Å². The van der Waals surface area contributed by atoms with Crippen LogP contribution >= 0.6 is 0 Å². The Kier molecular flexibility index (Phi) is 1.85. The van der Waals surface area contributed by atoms with Gasteiger partial charge in [0.1, 0.15) is 0 Å². The van der Waals surface area contributed by atoms with Crippen molar-refractivity contribution < 1.29 is 14.1 Å². The lowest BCUT2D eigenvalue weighted by atomic mass is 10.1. The molecule has 0 aliphatic heterocycles. The largest absolute Gasteiger partial charge is 0.465 e. The van der Waals surface area contributed by atoms with E-state index in [9.17, 15) is 4.79 Å². The predicted octanol–water partition coefficient (Wildman–Crippen LogP) is 1.20. The Bertz CT molecular complexity index is 490. The zero-order chi connectivity index (χ0) is 10.1. The number of fused-ring (bicyclic) bond motifs is 1. The number of methoxy groups -OCH3 is 1. The number of rotatable bonds is 1. The second kappa shape index (κ2) is 3.02. The third kappa shape index (κ3) is 1.19. The molecule has 0 radical (unpaired) electrons. The van der Waals surface area contributed by atoms with Gasteiger partial charge >= 0.3 is 5.97 Å². The summed E-state index contributed by atoms with van der Waals surface area (Å²) < 4.78 is 9.46. The predicted molar refractivity (Wildman–Crippen MR) is 49.8 cm³/mol. The van der Waals surface area contributed by atoms with E-state index in [2.05, 4.69) is 9.89 Å². The topological polar surface area (TPSA) is 78.3 Å². The first kappa shape index (κ1) is 8.55. The number of esters is 1. The van der Waals surface area contributed by atoms with E-state index in [-0.39, 0.29) is 5.56 Å². The molecule has 1 aromatic carbocycles. The molecule has 0 saturated heterocycles. The summed E-state index contributed by atoms with van der Waals surface area (Å²) in [6.07, 6.45) is 1.53. The Morgan fingerprint density at radius 2 is 2.36 bits per heavy atom. The quantitative estimate of drug-likeness (QED) is 0.542. The summed E-state index contributed by atoms with van der Waals surface area (Å²) in [5, 5.41) is 4.35. The Morgan fingerprint density at radius 3 is 3.07 bits per heavy atom. The van der Waals surface area contributed by atoms with E-state index >= 15 is 0 Å². The lowest BCUT2D eigenvalue weighted by molar-refractivity contribution is 0.0602. The van der Waals surface area contributed by atoms with E-state index in [0.717, 1.165) is 5.39 Å². The van der Waals surface area contributed by atoms with Crippen molar-refractivity contribution in [3.8, 4) is 0 Å². The summed E-state index contributed by atoms with van der Waals surface area (Å²) in [6, 6.07) is 3.14. The minimum Gasteiger partial charge on any atom is -0.465 e. The molecule has 2 aromatic rings. The van der Waals surface area contributed by atoms with Crippen LogP contribution in [0.2, 0.25) is 0 Å². The molecule has 0 bridgehead atoms. The van der Waals surface area contributed by atoms with Gasteiger partial charge in [0.15, 0.2) is 5.58 Å². The lowest BCUT2D eigenvalue weighted by Crippen LogP contribution is -2.05. The number of ether oxygens (including phenoxy) is 1. The Balaban J connectivity index is 2.64. The highest BCUT2D eigenvalue weighted by Gasteiger charge is 2.12. The fourth-order valence-electron chi connectivity index (χ4n) is 1.22. The van der Waals surface area contributed by atoms with Crippen molar-refractivity contribution in [1.29, 1.82) is 0 Å². The van der Waals surface area contributed by atoms with Crippen LogP contribution < -0.4 is 5.73 Å². The van der Waals surface area contributed by atoms with Gasteiger partial charge in [-0.3, -0.25) is 0 Å². The highest BCUT2D eigenvalue weighted by molar-refractivity contribution is 5.99. The van der Waals surface area contributed by atoms with Gasteiger partial charge in [0.25, 0.3) is 0 Å². The van der Waals surface area contributed by atoms with Crippen molar-refractivity contribution in [1.82, 2.24) is 5.16 Å². The number of aromatic nitrogens is 1. The lowest BCUT2D eigenvalue weighted by Gasteiger charge is -2.02. The summed E-state index contributed by atoms with van der Waals surface area (Å²) in [5.74, 6) is -0.485. The third-order valence-corrected chi connectivity index (χ3v) is 1.93. The second-order valence-electron chi connectivity index (χ2n) is 2.79. The molecule has 0 atom stereocenters. The first-order valence-electron chi connectivity index (χ1n) is 3.94. The van der Waals surface area contributed by atoms with Crippen molar-refractivity contribution in [3.05, 3.63) is 23.9 Å². The normalized spacial score (nSPS) is 10.4. The molecule has 0 saturated carbocycles. The zero-order valence-corrected chi connectivity index (χ0v) is 7.48. The molecule has 0 aliphatic rings. The van der Waals surface area contributed by atoms with Crippen LogP contribution in [-0.2, 0) is 4.74 Å². The Labute approximate surface area is 79.4 Å². The molecule has 1 aromatic heterocycles. The molecular weight excluding hydrogens is 184 g/mol. The van der Waals surface area contributed by atoms with Crippen LogP contribution in [-0.4, -0.2) is 18.2 Å². The van der Waals surface area contributed by atoms with Gasteiger partial charge in [0.05, 0.1) is 18.9 Å². The molecule has 0 aliphatic carbocycles. The van der Waals surface area contributed by atoms with Crippen molar-refractivity contribution >= 4 is 22.6 Å². The molecule has 0 unspecified atom stereocenters. The maximum Gasteiger partial charge on any atom is 0.340 e. The highest BCUT2D eigenvalue weighted by Crippen LogP contribution is 2.21. The second-order valence-corrected chi connectivity index (χ2v) is 2.79. The number of anilines is 1. The van der Waals surface area contributed by atoms with Gasteiger partial charge in [-0.05, 0) is 6.07 Å². The van der Waals surface area contributed by atoms with Crippen molar-refractivity contribution in [2.24, 2.45) is 0 Å². The van der Waals surface area contributed by atoms with Crippen LogP contribution in [0, 0.1) is 0 Å². The Morgan fingerprint density at radius 1 is 1.57 bits per heavy atom. The van der Waals surface area contributed by atoms with Crippen molar-refractivity contribution in [2.75, 3.05) is 12.8 Å². The molecular formula is C9H8N2O3. The van der Waals surface area contributed by atoms with Crippen molar-refractivity contribution in [2.45, 2.75) is 0 Å². The third-order valence-electron chi connectivity index (χ3n) is 1.93. The van der Waals surface area contributed by atoms with Crippen LogP contribution in [0.15, 0.2) is 22.9 Å². The molecule has 5 nitrogen and oxygen atoms in total. The van der Waals surface area contributed by atoms with E-state index in [1.54, 1.807) is 6.07 Å². The van der Waals surface area contributed by atoms with E-state index < -0.39 is 5.97 Å². The van der Waals surface area contributed by atoms with Gasteiger partial charge in [-0.15, -0.1) is 0 Å². The summed E-state index contributed by atoms with van der Waals surface area (Å²) in [4.78, 5) is 11.2. The number of nitrogens with zero attached hydrogens (tertiary/aromatic N) is 1. The zero-order valence-electron chi connectivity index (χ0n) is 7.48. The van der Waals surface area contributed by atoms with Crippen LogP contribution in [0.25, 0.3) is 11.0 Å². The van der Waals surface area contributed by atoms with Gasteiger partial charge in [-0.1, -0.05) is 5.16 Å². The highest BCUT2D eigenvalue weighted by atomic mass is 16.5.